The molecular formula is C14H16ClN3S. The number of hydrogen-bond donors (Lipinski definition) is 1. The SMILES string of the molecule is CCSCCN=CC=C(N)c1ccc(C#N)c(Cl)c1. The Morgan fingerprint density at radius 1 is 1.58 bits per heavy atom. The molecule has 0 heterocycles. The van der Waals surface area contributed by atoms with Gasteiger partial charge in [0, 0.05) is 24.2 Å². The Hall–Kier alpha value is -1.44. The number of thioether (sulfide) groups is 1. The van der Waals surface area contributed by atoms with Crippen LogP contribution in [0.1, 0.15) is 18.1 Å². The molecule has 0 bridgehead atoms. The minimum absolute atomic E-state index is 0.410. The third-order valence-corrected chi connectivity index (χ3v) is 3.54. The summed E-state index contributed by atoms with van der Waals surface area (Å²) in [4.78, 5) is 4.24. The van der Waals surface area contributed by atoms with Gasteiger partial charge in [-0.05, 0) is 29.5 Å². The average molecular weight is 294 g/mol. The van der Waals surface area contributed by atoms with E-state index in [0.29, 0.717) is 16.3 Å². The molecule has 1 aromatic carbocycles. The van der Waals surface area contributed by atoms with Gasteiger partial charge in [0.1, 0.15) is 6.07 Å². The lowest BCUT2D eigenvalue weighted by molar-refractivity contribution is 1.16. The summed E-state index contributed by atoms with van der Waals surface area (Å²) in [5.41, 5.74) is 7.74. The summed E-state index contributed by atoms with van der Waals surface area (Å²) < 4.78 is 0. The first-order valence-corrected chi connectivity index (χ1v) is 7.45. The Balaban J connectivity index is 2.64. The number of nitrogens with two attached hydrogens (primary N) is 1. The van der Waals surface area contributed by atoms with Crippen molar-refractivity contribution in [2.24, 2.45) is 10.7 Å². The zero-order valence-corrected chi connectivity index (χ0v) is 12.3. The molecule has 0 amide bonds. The van der Waals surface area contributed by atoms with E-state index in [1.807, 2.05) is 17.8 Å². The second kappa shape index (κ2) is 8.63. The van der Waals surface area contributed by atoms with E-state index < -0.39 is 0 Å². The van der Waals surface area contributed by atoms with Gasteiger partial charge in [0.15, 0.2) is 0 Å². The van der Waals surface area contributed by atoms with Gasteiger partial charge in [0.25, 0.3) is 0 Å². The van der Waals surface area contributed by atoms with Crippen molar-refractivity contribution >= 4 is 35.3 Å². The smallest absolute Gasteiger partial charge is 0.101 e. The van der Waals surface area contributed by atoms with Crippen molar-refractivity contribution in [3.05, 3.63) is 40.4 Å². The van der Waals surface area contributed by atoms with Gasteiger partial charge in [0.05, 0.1) is 10.6 Å². The number of benzene rings is 1. The molecule has 19 heavy (non-hydrogen) atoms. The summed E-state index contributed by atoms with van der Waals surface area (Å²) in [7, 11) is 0. The van der Waals surface area contributed by atoms with Crippen molar-refractivity contribution < 1.29 is 0 Å². The van der Waals surface area contributed by atoms with E-state index in [-0.39, 0.29) is 0 Å². The van der Waals surface area contributed by atoms with E-state index in [4.69, 9.17) is 22.6 Å². The molecule has 0 spiro atoms. The molecule has 0 radical (unpaired) electrons. The first-order chi connectivity index (χ1) is 9.19. The molecule has 0 aromatic heterocycles. The normalized spacial score (nSPS) is 11.7. The van der Waals surface area contributed by atoms with E-state index in [0.717, 1.165) is 23.6 Å². The zero-order chi connectivity index (χ0) is 14.1. The fourth-order valence-corrected chi connectivity index (χ4v) is 2.10. The summed E-state index contributed by atoms with van der Waals surface area (Å²) in [5.74, 6) is 2.13. The topological polar surface area (TPSA) is 62.2 Å². The van der Waals surface area contributed by atoms with Crippen molar-refractivity contribution in [3.63, 3.8) is 0 Å². The second-order valence-corrected chi connectivity index (χ2v) is 5.48. The van der Waals surface area contributed by atoms with Crippen LogP contribution in [-0.2, 0) is 0 Å². The van der Waals surface area contributed by atoms with Gasteiger partial charge < -0.3 is 5.73 Å². The number of allylic oxidation sites excluding steroid dienone is 1. The maximum absolute atomic E-state index is 8.79. The van der Waals surface area contributed by atoms with Crippen LogP contribution in [0.25, 0.3) is 5.70 Å². The molecule has 5 heteroatoms. The first kappa shape index (κ1) is 15.6. The maximum Gasteiger partial charge on any atom is 0.101 e. The lowest BCUT2D eigenvalue weighted by atomic mass is 10.1. The van der Waals surface area contributed by atoms with E-state index >= 15 is 0 Å². The Morgan fingerprint density at radius 2 is 2.37 bits per heavy atom. The molecule has 0 unspecified atom stereocenters. The number of hydrogen-bond acceptors (Lipinski definition) is 4. The largest absolute Gasteiger partial charge is 0.398 e. The molecule has 0 atom stereocenters. The lowest BCUT2D eigenvalue weighted by Crippen LogP contribution is -1.97. The van der Waals surface area contributed by atoms with Crippen molar-refractivity contribution in [2.45, 2.75) is 6.92 Å². The van der Waals surface area contributed by atoms with Gasteiger partial charge >= 0.3 is 0 Å². The third-order valence-electron chi connectivity index (χ3n) is 2.35. The first-order valence-electron chi connectivity index (χ1n) is 5.92. The third kappa shape index (κ3) is 5.37. The van der Waals surface area contributed by atoms with Crippen LogP contribution >= 0.6 is 23.4 Å². The average Bonchev–Trinajstić information content (AvgIpc) is 2.42. The van der Waals surface area contributed by atoms with E-state index in [1.165, 1.54) is 0 Å². The molecular weight excluding hydrogens is 278 g/mol. The predicted molar refractivity (Wildman–Crippen MR) is 84.7 cm³/mol. The number of aliphatic imine (C=N–C) groups is 1. The summed E-state index contributed by atoms with van der Waals surface area (Å²) in [6.45, 7) is 2.91. The highest BCUT2D eigenvalue weighted by molar-refractivity contribution is 7.99. The van der Waals surface area contributed by atoms with E-state index in [2.05, 4.69) is 11.9 Å². The lowest BCUT2D eigenvalue weighted by Gasteiger charge is -2.02. The Labute approximate surface area is 123 Å². The molecule has 0 saturated carbocycles. The van der Waals surface area contributed by atoms with Crippen LogP contribution in [0.3, 0.4) is 0 Å². The number of halogens is 1. The molecule has 3 nitrogen and oxygen atoms in total. The van der Waals surface area contributed by atoms with Crippen molar-refractivity contribution in [1.29, 1.82) is 5.26 Å². The summed E-state index contributed by atoms with van der Waals surface area (Å²) in [6.07, 6.45) is 3.45. The Kier molecular flexibility index (Phi) is 7.09. The van der Waals surface area contributed by atoms with Gasteiger partial charge in [0.2, 0.25) is 0 Å². The van der Waals surface area contributed by atoms with E-state index in [1.54, 1.807) is 30.5 Å². The molecule has 0 fully saturated rings. The minimum Gasteiger partial charge on any atom is -0.398 e. The van der Waals surface area contributed by atoms with Crippen molar-refractivity contribution in [3.8, 4) is 6.07 Å². The fraction of sp³-hybridized carbons (Fsp3) is 0.286. The quantitative estimate of drug-likeness (QED) is 0.646. The van der Waals surface area contributed by atoms with Crippen LogP contribution < -0.4 is 5.73 Å². The highest BCUT2D eigenvalue weighted by Gasteiger charge is 2.02. The fourth-order valence-electron chi connectivity index (χ4n) is 1.35. The maximum atomic E-state index is 8.79. The van der Waals surface area contributed by atoms with Crippen molar-refractivity contribution in [1.82, 2.24) is 0 Å². The number of nitrogens with zero attached hydrogens (tertiary/aromatic N) is 2. The van der Waals surface area contributed by atoms with Crippen LogP contribution in [0.15, 0.2) is 29.3 Å². The van der Waals surface area contributed by atoms with Crippen LogP contribution in [-0.4, -0.2) is 24.3 Å². The molecule has 2 N–H and O–H groups in total. The minimum atomic E-state index is 0.410. The Bertz CT molecular complexity index is 518. The number of rotatable bonds is 6. The summed E-state index contributed by atoms with van der Waals surface area (Å²) in [5, 5.41) is 9.20. The molecule has 100 valence electrons. The van der Waals surface area contributed by atoms with Gasteiger partial charge in [-0.2, -0.15) is 17.0 Å². The highest BCUT2D eigenvalue weighted by Crippen LogP contribution is 2.19. The molecule has 0 aliphatic heterocycles. The molecule has 1 rings (SSSR count). The molecule has 0 aliphatic carbocycles. The van der Waals surface area contributed by atoms with Crippen LogP contribution in [0, 0.1) is 11.3 Å². The van der Waals surface area contributed by atoms with Crippen LogP contribution in [0.4, 0.5) is 0 Å². The van der Waals surface area contributed by atoms with E-state index in [9.17, 15) is 0 Å². The molecule has 0 aliphatic rings. The van der Waals surface area contributed by atoms with Gasteiger partial charge in [-0.1, -0.05) is 24.6 Å². The zero-order valence-electron chi connectivity index (χ0n) is 10.8. The standard InChI is InChI=1S/C14H16ClN3S/c1-2-19-8-7-18-6-5-14(17)11-3-4-12(10-16)13(15)9-11/h3-6,9H,2,7-8,17H2,1H3. The van der Waals surface area contributed by atoms with Crippen LogP contribution in [0.2, 0.25) is 5.02 Å². The predicted octanol–water partition coefficient (Wildman–Crippen LogP) is 3.34. The second-order valence-electron chi connectivity index (χ2n) is 3.68. The molecule has 1 aromatic rings. The van der Waals surface area contributed by atoms with Crippen LogP contribution in [0.5, 0.6) is 0 Å². The van der Waals surface area contributed by atoms with Gasteiger partial charge in [-0.25, -0.2) is 0 Å². The van der Waals surface area contributed by atoms with Gasteiger partial charge in [-0.3, -0.25) is 4.99 Å². The number of nitriles is 1. The highest BCUT2D eigenvalue weighted by atomic mass is 35.5. The van der Waals surface area contributed by atoms with Crippen molar-refractivity contribution in [2.75, 3.05) is 18.1 Å². The van der Waals surface area contributed by atoms with Gasteiger partial charge in [-0.15, -0.1) is 0 Å². The molecule has 0 saturated heterocycles. The Morgan fingerprint density at radius 3 is 3.00 bits per heavy atom. The summed E-state index contributed by atoms with van der Waals surface area (Å²) in [6, 6.07) is 7.13. The summed E-state index contributed by atoms with van der Waals surface area (Å²) >= 11 is 7.81. The monoisotopic (exact) mass is 293 g/mol.